The van der Waals surface area contributed by atoms with Gasteiger partial charge in [-0.15, -0.1) is 11.3 Å². The largest absolute Gasteiger partial charge is 0.388 e. The van der Waals surface area contributed by atoms with Gasteiger partial charge in [0.1, 0.15) is 0 Å². The van der Waals surface area contributed by atoms with Crippen molar-refractivity contribution >= 4 is 21.4 Å². The molecule has 3 N–H and O–H groups in total. The van der Waals surface area contributed by atoms with Crippen molar-refractivity contribution in [1.82, 2.24) is 0 Å². The molecule has 14 heavy (non-hydrogen) atoms. The van der Waals surface area contributed by atoms with Crippen LogP contribution in [0, 0.1) is 0 Å². The number of nitrogens with two attached hydrogens (primary N) is 1. The second-order valence-electron chi connectivity index (χ2n) is 3.28. The average molecular weight is 207 g/mol. The molecule has 1 atom stereocenters. The third-order valence-corrected chi connectivity index (χ3v) is 3.43. The minimum Gasteiger partial charge on any atom is -0.388 e. The molecule has 0 aliphatic heterocycles. The first-order chi connectivity index (χ1) is 6.81. The molecule has 0 saturated carbocycles. The van der Waals surface area contributed by atoms with Crippen LogP contribution in [0.5, 0.6) is 0 Å². The average Bonchev–Trinajstić information content (AvgIpc) is 2.61. The Bertz CT molecular complexity index is 391. The van der Waals surface area contributed by atoms with E-state index < -0.39 is 6.10 Å². The lowest BCUT2D eigenvalue weighted by Crippen LogP contribution is -2.05. The van der Waals surface area contributed by atoms with Gasteiger partial charge in [0.15, 0.2) is 0 Å². The molecule has 0 bridgehead atoms. The maximum absolute atomic E-state index is 9.75. The predicted molar refractivity (Wildman–Crippen MR) is 60.5 cm³/mol. The standard InChI is InChI=1S/C11H13NOS/c12-6-5-9(13)11-7-8-3-1-2-4-10(8)14-11/h1-4,7,9,13H,5-6,12H2. The molecule has 1 heterocycles. The Balaban J connectivity index is 2.35. The molecular weight excluding hydrogens is 194 g/mol. The molecule has 0 aliphatic rings. The van der Waals surface area contributed by atoms with Crippen LogP contribution in [-0.2, 0) is 0 Å². The number of benzene rings is 1. The molecule has 0 fully saturated rings. The van der Waals surface area contributed by atoms with E-state index in [-0.39, 0.29) is 0 Å². The fourth-order valence-electron chi connectivity index (χ4n) is 1.47. The quantitative estimate of drug-likeness (QED) is 0.811. The lowest BCUT2D eigenvalue weighted by atomic mass is 10.2. The summed E-state index contributed by atoms with van der Waals surface area (Å²) in [5.74, 6) is 0. The van der Waals surface area contributed by atoms with E-state index >= 15 is 0 Å². The topological polar surface area (TPSA) is 46.2 Å². The van der Waals surface area contributed by atoms with Crippen LogP contribution in [0.15, 0.2) is 30.3 Å². The van der Waals surface area contributed by atoms with Gasteiger partial charge in [-0.05, 0) is 30.5 Å². The first-order valence-corrected chi connectivity index (χ1v) is 5.49. The third kappa shape index (κ3) is 1.80. The summed E-state index contributed by atoms with van der Waals surface area (Å²) in [5.41, 5.74) is 5.41. The minimum absolute atomic E-state index is 0.405. The molecule has 2 aromatic rings. The lowest BCUT2D eigenvalue weighted by molar-refractivity contribution is 0.174. The van der Waals surface area contributed by atoms with Crippen molar-refractivity contribution in [2.24, 2.45) is 5.73 Å². The molecule has 2 nitrogen and oxygen atoms in total. The van der Waals surface area contributed by atoms with Gasteiger partial charge in [-0.25, -0.2) is 0 Å². The summed E-state index contributed by atoms with van der Waals surface area (Å²) in [4.78, 5) is 1.01. The number of hydrogen-bond donors (Lipinski definition) is 2. The second kappa shape index (κ2) is 4.09. The van der Waals surface area contributed by atoms with E-state index in [0.29, 0.717) is 13.0 Å². The lowest BCUT2D eigenvalue weighted by Gasteiger charge is -2.04. The Morgan fingerprint density at radius 3 is 2.86 bits per heavy atom. The Morgan fingerprint density at radius 1 is 1.36 bits per heavy atom. The van der Waals surface area contributed by atoms with Crippen molar-refractivity contribution in [2.45, 2.75) is 12.5 Å². The zero-order valence-corrected chi connectivity index (χ0v) is 8.63. The van der Waals surface area contributed by atoms with Crippen LogP contribution in [0.3, 0.4) is 0 Å². The Morgan fingerprint density at radius 2 is 2.14 bits per heavy atom. The van der Waals surface area contributed by atoms with Crippen molar-refractivity contribution in [3.63, 3.8) is 0 Å². The van der Waals surface area contributed by atoms with E-state index in [1.54, 1.807) is 11.3 Å². The summed E-state index contributed by atoms with van der Waals surface area (Å²) in [6.45, 7) is 0.523. The first-order valence-electron chi connectivity index (χ1n) is 4.68. The summed E-state index contributed by atoms with van der Waals surface area (Å²) in [5, 5.41) is 10.9. The predicted octanol–water partition coefficient (Wildman–Crippen LogP) is 2.28. The molecule has 0 spiro atoms. The number of hydrogen-bond acceptors (Lipinski definition) is 3. The number of thiophene rings is 1. The van der Waals surface area contributed by atoms with Crippen LogP contribution in [0.4, 0.5) is 0 Å². The Hall–Kier alpha value is -0.900. The molecule has 1 unspecified atom stereocenters. The van der Waals surface area contributed by atoms with Crippen LogP contribution in [0.25, 0.3) is 10.1 Å². The van der Waals surface area contributed by atoms with E-state index in [1.807, 2.05) is 18.2 Å². The van der Waals surface area contributed by atoms with Gasteiger partial charge in [0, 0.05) is 9.58 Å². The molecule has 2 rings (SSSR count). The van der Waals surface area contributed by atoms with Crippen molar-refractivity contribution in [2.75, 3.05) is 6.54 Å². The maximum Gasteiger partial charge on any atom is 0.0894 e. The molecule has 3 heteroatoms. The maximum atomic E-state index is 9.75. The summed E-state index contributed by atoms with van der Waals surface area (Å²) >= 11 is 1.64. The van der Waals surface area contributed by atoms with Gasteiger partial charge in [0.05, 0.1) is 6.10 Å². The fraction of sp³-hybridized carbons (Fsp3) is 0.273. The minimum atomic E-state index is -0.405. The zero-order chi connectivity index (χ0) is 9.97. The highest BCUT2D eigenvalue weighted by Crippen LogP contribution is 2.30. The molecule has 1 aromatic heterocycles. The van der Waals surface area contributed by atoms with Gasteiger partial charge in [-0.2, -0.15) is 0 Å². The van der Waals surface area contributed by atoms with E-state index in [1.165, 1.54) is 10.1 Å². The highest BCUT2D eigenvalue weighted by molar-refractivity contribution is 7.19. The molecular formula is C11H13NOS. The van der Waals surface area contributed by atoms with Crippen molar-refractivity contribution in [3.8, 4) is 0 Å². The molecule has 0 radical (unpaired) electrons. The zero-order valence-electron chi connectivity index (χ0n) is 7.81. The van der Waals surface area contributed by atoms with Gasteiger partial charge in [0.2, 0.25) is 0 Å². The molecule has 0 saturated heterocycles. The number of fused-ring (bicyclic) bond motifs is 1. The molecule has 0 aliphatic carbocycles. The van der Waals surface area contributed by atoms with Gasteiger partial charge >= 0.3 is 0 Å². The summed E-state index contributed by atoms with van der Waals surface area (Å²) < 4.78 is 1.22. The molecule has 1 aromatic carbocycles. The normalized spacial score (nSPS) is 13.3. The van der Waals surface area contributed by atoms with Gasteiger partial charge in [0.25, 0.3) is 0 Å². The van der Waals surface area contributed by atoms with E-state index in [2.05, 4.69) is 12.1 Å². The second-order valence-corrected chi connectivity index (χ2v) is 4.40. The van der Waals surface area contributed by atoms with Crippen molar-refractivity contribution in [3.05, 3.63) is 35.2 Å². The Labute approximate surface area is 87.0 Å². The summed E-state index contributed by atoms with van der Waals surface area (Å²) in [7, 11) is 0. The third-order valence-electron chi connectivity index (χ3n) is 2.21. The number of rotatable bonds is 3. The van der Waals surface area contributed by atoms with Gasteiger partial charge < -0.3 is 10.8 Å². The van der Waals surface area contributed by atoms with Crippen LogP contribution in [-0.4, -0.2) is 11.7 Å². The highest BCUT2D eigenvalue weighted by Gasteiger charge is 2.09. The summed E-state index contributed by atoms with van der Waals surface area (Å²) in [6, 6.07) is 10.2. The van der Waals surface area contributed by atoms with Crippen molar-refractivity contribution < 1.29 is 5.11 Å². The van der Waals surface area contributed by atoms with Crippen molar-refractivity contribution in [1.29, 1.82) is 0 Å². The van der Waals surface area contributed by atoms with Gasteiger partial charge in [-0.3, -0.25) is 0 Å². The highest BCUT2D eigenvalue weighted by atomic mass is 32.1. The smallest absolute Gasteiger partial charge is 0.0894 e. The van der Waals surface area contributed by atoms with Gasteiger partial charge in [-0.1, -0.05) is 18.2 Å². The monoisotopic (exact) mass is 207 g/mol. The van der Waals surface area contributed by atoms with Crippen LogP contribution in [0.2, 0.25) is 0 Å². The number of aliphatic hydroxyl groups excluding tert-OH is 1. The fourth-order valence-corrected chi connectivity index (χ4v) is 2.55. The van der Waals surface area contributed by atoms with E-state index in [0.717, 1.165) is 4.88 Å². The number of aliphatic hydroxyl groups is 1. The summed E-state index contributed by atoms with van der Waals surface area (Å²) in [6.07, 6.45) is 0.227. The van der Waals surface area contributed by atoms with Crippen LogP contribution >= 0.6 is 11.3 Å². The van der Waals surface area contributed by atoms with E-state index in [4.69, 9.17) is 5.73 Å². The SMILES string of the molecule is NCCC(O)c1cc2ccccc2s1. The van der Waals surface area contributed by atoms with Crippen LogP contribution in [0.1, 0.15) is 17.4 Å². The molecule has 74 valence electrons. The first kappa shape index (κ1) is 9.65. The molecule has 0 amide bonds. The van der Waals surface area contributed by atoms with Crippen LogP contribution < -0.4 is 5.73 Å². The van der Waals surface area contributed by atoms with E-state index in [9.17, 15) is 5.11 Å². The Kier molecular flexibility index (Phi) is 2.82.